The van der Waals surface area contributed by atoms with E-state index in [1.54, 1.807) is 20.3 Å². The fraction of sp³-hybridized carbons (Fsp3) is 0.217. The van der Waals surface area contributed by atoms with Gasteiger partial charge in [-0.1, -0.05) is 54.2 Å². The van der Waals surface area contributed by atoms with E-state index in [1.807, 2.05) is 36.4 Å². The Labute approximate surface area is 189 Å². The molecule has 0 fully saturated rings. The molecule has 9 heteroatoms. The minimum absolute atomic E-state index is 0.218. The third-order valence-electron chi connectivity index (χ3n) is 4.82. The first kappa shape index (κ1) is 21.6. The number of aromatic amines is 1. The zero-order chi connectivity index (χ0) is 22.5. The van der Waals surface area contributed by atoms with Gasteiger partial charge in [0, 0.05) is 11.6 Å². The van der Waals surface area contributed by atoms with E-state index in [2.05, 4.69) is 27.0 Å². The van der Waals surface area contributed by atoms with Crippen LogP contribution in [0.5, 0.6) is 11.5 Å². The second kappa shape index (κ2) is 9.69. The molecule has 0 radical (unpaired) electrons. The molecular weight excluding hydrogens is 428 g/mol. The summed E-state index contributed by atoms with van der Waals surface area (Å²) in [5, 5.41) is 4.53. The number of methoxy groups -OCH3 is 2. The summed E-state index contributed by atoms with van der Waals surface area (Å²) < 4.78 is 16.2. The summed E-state index contributed by atoms with van der Waals surface area (Å²) in [6.07, 6.45) is 0.956. The molecule has 0 amide bonds. The maximum absolute atomic E-state index is 12.2. The van der Waals surface area contributed by atoms with Gasteiger partial charge in [-0.2, -0.15) is 4.98 Å². The Morgan fingerprint density at radius 3 is 2.59 bits per heavy atom. The van der Waals surface area contributed by atoms with E-state index >= 15 is 0 Å². The van der Waals surface area contributed by atoms with E-state index in [0.717, 1.165) is 12.0 Å². The summed E-state index contributed by atoms with van der Waals surface area (Å²) in [6, 6.07) is 15.0. The Kier molecular flexibility index (Phi) is 6.55. The summed E-state index contributed by atoms with van der Waals surface area (Å²) in [6.45, 7) is 2.10. The van der Waals surface area contributed by atoms with E-state index in [1.165, 1.54) is 23.4 Å². The molecule has 0 bridgehead atoms. The Morgan fingerprint density at radius 2 is 1.88 bits per heavy atom. The van der Waals surface area contributed by atoms with Gasteiger partial charge < -0.3 is 19.0 Å². The highest BCUT2D eigenvalue weighted by Gasteiger charge is 2.17. The largest absolute Gasteiger partial charge is 0.493 e. The summed E-state index contributed by atoms with van der Waals surface area (Å²) in [5.41, 5.74) is 3.18. The molecule has 0 saturated carbocycles. The Hall–Kier alpha value is -3.59. The van der Waals surface area contributed by atoms with Crippen molar-refractivity contribution in [2.75, 3.05) is 14.2 Å². The lowest BCUT2D eigenvalue weighted by Crippen LogP contribution is -2.08. The van der Waals surface area contributed by atoms with Crippen LogP contribution in [0.3, 0.4) is 0 Å². The van der Waals surface area contributed by atoms with Gasteiger partial charge in [-0.25, -0.2) is 4.98 Å². The number of rotatable bonds is 8. The number of nitrogens with zero attached hydrogens (tertiary/aromatic N) is 3. The number of para-hydroxylation sites is 1. The third kappa shape index (κ3) is 4.67. The fourth-order valence-corrected chi connectivity index (χ4v) is 3.89. The molecule has 0 saturated heterocycles. The van der Waals surface area contributed by atoms with Gasteiger partial charge in [0.2, 0.25) is 11.7 Å². The van der Waals surface area contributed by atoms with Crippen LogP contribution in [0, 0.1) is 0 Å². The first-order valence-electron chi connectivity index (χ1n) is 9.98. The van der Waals surface area contributed by atoms with Crippen LogP contribution in [0.4, 0.5) is 0 Å². The highest BCUT2D eigenvalue weighted by molar-refractivity contribution is 7.98. The highest BCUT2D eigenvalue weighted by Crippen LogP contribution is 2.36. The van der Waals surface area contributed by atoms with Crippen LogP contribution in [-0.2, 0) is 12.2 Å². The maximum Gasteiger partial charge on any atom is 0.252 e. The number of H-pyrrole nitrogens is 1. The van der Waals surface area contributed by atoms with Crippen molar-refractivity contribution in [2.45, 2.75) is 24.3 Å². The van der Waals surface area contributed by atoms with Crippen molar-refractivity contribution in [1.82, 2.24) is 20.1 Å². The van der Waals surface area contributed by atoms with Gasteiger partial charge in [-0.3, -0.25) is 4.79 Å². The van der Waals surface area contributed by atoms with E-state index in [4.69, 9.17) is 14.0 Å². The third-order valence-corrected chi connectivity index (χ3v) is 5.68. The molecule has 1 N–H and O–H groups in total. The Balaban J connectivity index is 1.52. The maximum atomic E-state index is 12.2. The molecule has 4 aromatic rings. The minimum atomic E-state index is -0.218. The molecule has 2 aromatic carbocycles. The van der Waals surface area contributed by atoms with Crippen molar-refractivity contribution >= 4 is 11.8 Å². The molecule has 0 atom stereocenters. The molecule has 0 aliphatic heterocycles. The molecular formula is C23H22N4O4S. The van der Waals surface area contributed by atoms with Crippen LogP contribution >= 0.6 is 11.8 Å². The van der Waals surface area contributed by atoms with Crippen molar-refractivity contribution in [2.24, 2.45) is 0 Å². The summed E-state index contributed by atoms with van der Waals surface area (Å²) in [5.74, 6) is 2.25. The topological polar surface area (TPSA) is 103 Å². The van der Waals surface area contributed by atoms with Gasteiger partial charge in [0.05, 0.1) is 31.2 Å². The monoisotopic (exact) mass is 450 g/mol. The molecule has 0 aliphatic carbocycles. The standard InChI is InChI=1S/C23H22N4O4S/c1-4-14-8-10-15(11-9-14)17-12-19(28)25-23(24-17)32-13-20-26-22(27-31-20)16-6-5-7-18(29-2)21(16)30-3/h5-12H,4,13H2,1-3H3,(H,24,25,28). The van der Waals surface area contributed by atoms with Gasteiger partial charge >= 0.3 is 0 Å². The van der Waals surface area contributed by atoms with Crippen LogP contribution < -0.4 is 15.0 Å². The number of thioether (sulfide) groups is 1. The van der Waals surface area contributed by atoms with Crippen LogP contribution in [0.25, 0.3) is 22.6 Å². The van der Waals surface area contributed by atoms with Crippen LogP contribution in [0.2, 0.25) is 0 Å². The molecule has 32 heavy (non-hydrogen) atoms. The molecule has 0 aliphatic rings. The molecule has 0 spiro atoms. The lowest BCUT2D eigenvalue weighted by Gasteiger charge is -2.09. The SMILES string of the molecule is CCc1ccc(-c2cc(=O)[nH]c(SCc3nc(-c4cccc(OC)c4OC)no3)n2)cc1. The van der Waals surface area contributed by atoms with Crippen molar-refractivity contribution in [3.63, 3.8) is 0 Å². The molecule has 0 unspecified atom stereocenters. The quantitative estimate of drug-likeness (QED) is 0.312. The lowest BCUT2D eigenvalue weighted by molar-refractivity contribution is 0.355. The van der Waals surface area contributed by atoms with Crippen molar-refractivity contribution < 1.29 is 14.0 Å². The summed E-state index contributed by atoms with van der Waals surface area (Å²) >= 11 is 1.31. The van der Waals surface area contributed by atoms with E-state index < -0.39 is 0 Å². The van der Waals surface area contributed by atoms with Gasteiger partial charge in [0.1, 0.15) is 0 Å². The normalized spacial score (nSPS) is 10.8. The number of ether oxygens (including phenoxy) is 2. The van der Waals surface area contributed by atoms with Crippen LogP contribution in [0.15, 0.2) is 63.0 Å². The molecule has 4 rings (SSSR count). The number of aryl methyl sites for hydroxylation is 1. The molecule has 2 heterocycles. The average Bonchev–Trinajstić information content (AvgIpc) is 3.30. The van der Waals surface area contributed by atoms with Crippen molar-refractivity contribution in [3.05, 3.63) is 70.3 Å². The number of hydrogen-bond acceptors (Lipinski definition) is 8. The van der Waals surface area contributed by atoms with Gasteiger partial charge in [0.15, 0.2) is 16.7 Å². The number of nitrogens with one attached hydrogen (secondary N) is 1. The Bertz CT molecular complexity index is 1270. The highest BCUT2D eigenvalue weighted by atomic mass is 32.2. The van der Waals surface area contributed by atoms with Gasteiger partial charge in [-0.15, -0.1) is 0 Å². The van der Waals surface area contributed by atoms with Gasteiger partial charge in [-0.05, 0) is 24.1 Å². The fourth-order valence-electron chi connectivity index (χ4n) is 3.18. The lowest BCUT2D eigenvalue weighted by atomic mass is 10.1. The zero-order valence-corrected chi connectivity index (χ0v) is 18.7. The first-order valence-corrected chi connectivity index (χ1v) is 11.0. The van der Waals surface area contributed by atoms with Crippen LogP contribution in [0.1, 0.15) is 18.4 Å². The number of aromatic nitrogens is 4. The summed E-state index contributed by atoms with van der Waals surface area (Å²) in [4.78, 5) is 23.9. The average molecular weight is 451 g/mol. The summed E-state index contributed by atoms with van der Waals surface area (Å²) in [7, 11) is 3.13. The first-order chi connectivity index (χ1) is 15.6. The molecule has 164 valence electrons. The van der Waals surface area contributed by atoms with Crippen molar-refractivity contribution in [3.8, 4) is 34.1 Å². The van der Waals surface area contributed by atoms with Gasteiger partial charge in [0.25, 0.3) is 5.56 Å². The molecule has 2 aromatic heterocycles. The smallest absolute Gasteiger partial charge is 0.252 e. The second-order valence-electron chi connectivity index (χ2n) is 6.83. The van der Waals surface area contributed by atoms with Crippen LogP contribution in [-0.4, -0.2) is 34.3 Å². The molecule has 8 nitrogen and oxygen atoms in total. The van der Waals surface area contributed by atoms with E-state index in [-0.39, 0.29) is 5.56 Å². The Morgan fingerprint density at radius 1 is 1.06 bits per heavy atom. The second-order valence-corrected chi connectivity index (χ2v) is 7.79. The predicted molar refractivity (Wildman–Crippen MR) is 122 cm³/mol. The van der Waals surface area contributed by atoms with Crippen molar-refractivity contribution in [1.29, 1.82) is 0 Å². The predicted octanol–water partition coefficient (Wildman–Crippen LogP) is 4.36. The minimum Gasteiger partial charge on any atom is -0.493 e. The number of benzene rings is 2. The van der Waals surface area contributed by atoms with E-state index in [9.17, 15) is 4.79 Å². The number of hydrogen-bond donors (Lipinski definition) is 1. The van der Waals surface area contributed by atoms with E-state index in [0.29, 0.717) is 45.4 Å². The zero-order valence-electron chi connectivity index (χ0n) is 17.9.